The molecule has 0 unspecified atom stereocenters. The Morgan fingerprint density at radius 1 is 0.204 bits per heavy atom. The molecule has 0 bridgehead atoms. The largest absolute Gasteiger partial charge is 0.358 e. The van der Waals surface area contributed by atoms with E-state index in [2.05, 4.69) is 76.2 Å². The molecular weight excluding hydrogens is 1350 g/mol. The summed E-state index contributed by atoms with van der Waals surface area (Å²) < 4.78 is 0. The molecule has 2 fully saturated rings. The van der Waals surface area contributed by atoms with Gasteiger partial charge in [0.25, 0.3) is 0 Å². The average Bonchev–Trinajstić information content (AvgIpc) is 1.95. The van der Waals surface area contributed by atoms with Crippen LogP contribution in [0.3, 0.4) is 0 Å². The Kier molecular flexibility index (Phi) is 203. The minimum Gasteiger partial charge on any atom is -0.358 e. The summed E-state index contributed by atoms with van der Waals surface area (Å²) >= 11 is 0. The number of fused-ring (bicyclic) bond motifs is 1. The SMILES string of the molecule is C.C.C.C.C.CC.CC.CC.CC.CC.CC.CC.CC.CC1CCC(C(C)(C)C2CCC(C)CC2)CC1.[CH3-].[CH3-].[CH3-].[CH3-].[CH3-].[CH3-].[Y].[Y].[Y].c1ccc2ccccc2c1.c1ccccc1.c1ccccc1.c1ccccc1.c1ccccc1.c1ccccc1.c1ccccc1. The summed E-state index contributed by atoms with van der Waals surface area (Å²) in [5, 5.41) is 2.62. The maximum absolute atomic E-state index is 2.58. The van der Waals surface area contributed by atoms with Crippen molar-refractivity contribution in [2.45, 2.75) is 227 Å². The monoisotopic (exact) mass is 1510 g/mol. The molecule has 3 heteroatoms. The molecule has 0 amide bonds. The zero-order chi connectivity index (χ0) is 60.7. The molecule has 0 aliphatic heterocycles. The summed E-state index contributed by atoms with van der Waals surface area (Å²) in [6.45, 7) is 42.0. The van der Waals surface area contributed by atoms with Crippen LogP contribution in [0.25, 0.3) is 10.8 Å². The summed E-state index contributed by atoms with van der Waals surface area (Å²) in [5.74, 6) is 4.01. The first kappa shape index (κ1) is 146. The maximum atomic E-state index is 2.58. The van der Waals surface area contributed by atoms with Gasteiger partial charge in [-0.2, -0.15) is 0 Å². The Balaban J connectivity index is -0.0000000353. The van der Waals surface area contributed by atoms with Gasteiger partial charge in [0, 0.05) is 98.1 Å². The molecule has 10 rings (SSSR count). The molecule has 0 aromatic heterocycles. The maximum Gasteiger partial charge on any atom is 0 e. The molecule has 0 spiro atoms. The quantitative estimate of drug-likeness (QED) is 0.151. The van der Waals surface area contributed by atoms with Crippen molar-refractivity contribution in [3.8, 4) is 0 Å². The minimum absolute atomic E-state index is 0. The molecule has 0 atom stereocenters. The predicted molar refractivity (Wildman–Crippen MR) is 442 cm³/mol. The second kappa shape index (κ2) is 130. The van der Waals surface area contributed by atoms with Gasteiger partial charge in [-0.15, -0.1) is 0 Å². The summed E-state index contributed by atoms with van der Waals surface area (Å²) in [7, 11) is 0. The van der Waals surface area contributed by atoms with Crippen molar-refractivity contribution in [1.29, 1.82) is 0 Å². The molecule has 2 saturated carbocycles. The molecule has 8 aromatic rings. The Hall–Kier alpha value is -2.67. The van der Waals surface area contributed by atoms with E-state index in [0.29, 0.717) is 5.41 Å². The van der Waals surface area contributed by atoms with Crippen molar-refractivity contribution in [2.24, 2.45) is 29.1 Å². The van der Waals surface area contributed by atoms with Gasteiger partial charge in [-0.1, -0.05) is 468 Å². The Bertz CT molecular complexity index is 1590. The van der Waals surface area contributed by atoms with Crippen molar-refractivity contribution in [1.82, 2.24) is 0 Å². The molecule has 0 N–H and O–H groups in total. The second-order valence-electron chi connectivity index (χ2n) is 17.0. The molecule has 537 valence electrons. The van der Waals surface area contributed by atoms with Gasteiger partial charge in [-0.05, 0) is 65.5 Å². The van der Waals surface area contributed by atoms with Crippen molar-refractivity contribution >= 4 is 10.8 Å². The van der Waals surface area contributed by atoms with Crippen molar-refractivity contribution in [3.05, 3.63) is 311 Å². The number of benzene rings is 8. The van der Waals surface area contributed by atoms with Crippen molar-refractivity contribution < 1.29 is 98.1 Å². The van der Waals surface area contributed by atoms with Gasteiger partial charge >= 0.3 is 0 Å². The van der Waals surface area contributed by atoms with E-state index < -0.39 is 0 Å². The van der Waals surface area contributed by atoms with Crippen LogP contribution in [0.4, 0.5) is 0 Å². The van der Waals surface area contributed by atoms with E-state index in [-0.39, 0.29) is 180 Å². The van der Waals surface area contributed by atoms with E-state index in [1.165, 1.54) is 62.1 Å². The van der Waals surface area contributed by atoms with Crippen LogP contribution in [-0.2, 0) is 98.1 Å². The van der Waals surface area contributed by atoms with Gasteiger partial charge in [0.05, 0.1) is 0 Å². The van der Waals surface area contributed by atoms with Gasteiger partial charge in [0.1, 0.15) is 0 Å². The van der Waals surface area contributed by atoms with Crippen LogP contribution in [0.2, 0.25) is 0 Å². The number of hydrogen-bond acceptors (Lipinski definition) is 0. The molecule has 0 saturated heterocycles. The first-order chi connectivity index (χ1) is 39.0. The van der Waals surface area contributed by atoms with Crippen LogP contribution in [0, 0.1) is 73.6 Å². The van der Waals surface area contributed by atoms with Crippen LogP contribution >= 0.6 is 0 Å². The first-order valence-electron chi connectivity index (χ1n) is 31.4. The van der Waals surface area contributed by atoms with Crippen molar-refractivity contribution in [2.75, 3.05) is 0 Å². The van der Waals surface area contributed by atoms with Crippen LogP contribution in [0.1, 0.15) is 227 Å². The van der Waals surface area contributed by atoms with Crippen LogP contribution < -0.4 is 0 Å². The zero-order valence-corrected chi connectivity index (χ0v) is 71.1. The fraction of sp³-hybridized carbons (Fsp3) is 0.422. The Morgan fingerprint density at radius 2 is 0.301 bits per heavy atom. The molecule has 8 aromatic carbocycles. The molecule has 2 aliphatic rings. The van der Waals surface area contributed by atoms with Crippen LogP contribution in [-0.4, -0.2) is 0 Å². The van der Waals surface area contributed by atoms with E-state index in [1.54, 1.807) is 0 Å². The number of hydrogen-bond donors (Lipinski definition) is 0. The normalized spacial score (nSPS) is 12.0. The van der Waals surface area contributed by atoms with E-state index in [9.17, 15) is 0 Å². The summed E-state index contributed by atoms with van der Waals surface area (Å²) in [4.78, 5) is 0. The predicted octanol–water partition coefficient (Wildman–Crippen LogP) is 32.7. The third-order valence-electron chi connectivity index (χ3n) is 11.8. The Morgan fingerprint density at radius 3 is 0.398 bits per heavy atom. The van der Waals surface area contributed by atoms with E-state index >= 15 is 0 Å². The standard InChI is InChI=1S/C17H32.C10H8.6C6H6.8C2H6.5CH4.6CH3.3Y/c1-13-5-9-15(10-6-13)17(3,4)16-11-7-14(2)8-12-16;1-2-6-10-8-4-3-7-9(10)5-1;6*1-2-4-6-5-3-1;8*1-2;;;;;;;;;;;;;;/h13-16H,5-12H2,1-4H3;1-8H;6*1-6H;8*1-2H3;5*1H4;6*1H3;;;/q;;;;;;;;;;;;;;;;;;;;;6*-1;;;. The summed E-state index contributed by atoms with van der Waals surface area (Å²) in [6, 6.07) is 88.7. The summed E-state index contributed by atoms with van der Waals surface area (Å²) in [5.41, 5.74) is 0.611. The average molecular weight is 1510 g/mol. The topological polar surface area (TPSA) is 0 Å². The van der Waals surface area contributed by atoms with Gasteiger partial charge < -0.3 is 44.6 Å². The first-order valence-corrected chi connectivity index (χ1v) is 31.4. The van der Waals surface area contributed by atoms with Gasteiger partial charge in [0.15, 0.2) is 0 Å². The van der Waals surface area contributed by atoms with E-state index in [1.807, 2.05) is 329 Å². The van der Waals surface area contributed by atoms with Crippen molar-refractivity contribution in [3.63, 3.8) is 0 Å². The van der Waals surface area contributed by atoms with Crippen LogP contribution in [0.5, 0.6) is 0 Å². The third-order valence-corrected chi connectivity index (χ3v) is 11.8. The van der Waals surface area contributed by atoms with Crippen LogP contribution in [0.15, 0.2) is 267 Å². The second-order valence-corrected chi connectivity index (χ2v) is 17.0. The smallest absolute Gasteiger partial charge is 0 e. The third kappa shape index (κ3) is 98.1. The number of rotatable bonds is 2. The molecule has 3 radical (unpaired) electrons. The molecular formula is C90H162Y3-6. The minimum atomic E-state index is 0. The molecule has 0 nitrogen and oxygen atoms in total. The zero-order valence-electron chi connectivity index (χ0n) is 62.6. The summed E-state index contributed by atoms with van der Waals surface area (Å²) in [6.07, 6.45) is 11.9. The molecule has 93 heavy (non-hydrogen) atoms. The molecule has 0 heterocycles. The fourth-order valence-corrected chi connectivity index (χ4v) is 7.78. The molecule has 2 aliphatic carbocycles. The van der Waals surface area contributed by atoms with E-state index in [4.69, 9.17) is 0 Å². The van der Waals surface area contributed by atoms with Gasteiger partial charge in [-0.3, -0.25) is 0 Å². The van der Waals surface area contributed by atoms with E-state index in [0.717, 1.165) is 23.7 Å². The van der Waals surface area contributed by atoms with Gasteiger partial charge in [0.2, 0.25) is 0 Å². The fourth-order valence-electron chi connectivity index (χ4n) is 7.78. The van der Waals surface area contributed by atoms with Gasteiger partial charge in [-0.25, -0.2) is 0 Å². The Labute approximate surface area is 669 Å².